The Balaban J connectivity index is 0.000000782. The molecule has 4 aromatic rings. The van der Waals surface area contributed by atoms with Crippen molar-refractivity contribution >= 4 is 17.6 Å². The molecule has 0 saturated carbocycles. The van der Waals surface area contributed by atoms with Crippen LogP contribution >= 0.6 is 11.6 Å². The normalized spacial score (nSPS) is 15.3. The molecule has 8 nitrogen and oxygen atoms in total. The lowest BCUT2D eigenvalue weighted by atomic mass is 9.75. The summed E-state index contributed by atoms with van der Waals surface area (Å²) in [5.74, 6) is 1.47. The van der Waals surface area contributed by atoms with Crippen LogP contribution in [0.2, 0.25) is 5.02 Å². The van der Waals surface area contributed by atoms with Gasteiger partial charge in [-0.05, 0) is 94.4 Å². The third kappa shape index (κ3) is 9.26. The van der Waals surface area contributed by atoms with Crippen molar-refractivity contribution in [1.82, 2.24) is 15.0 Å². The van der Waals surface area contributed by atoms with Crippen molar-refractivity contribution in [1.29, 1.82) is 0 Å². The van der Waals surface area contributed by atoms with Gasteiger partial charge in [-0.15, -0.1) is 0 Å². The van der Waals surface area contributed by atoms with Gasteiger partial charge in [0.2, 0.25) is 5.82 Å². The topological polar surface area (TPSA) is 119 Å². The first-order chi connectivity index (χ1) is 20.3. The molecule has 3 heterocycles. The van der Waals surface area contributed by atoms with Gasteiger partial charge in [-0.1, -0.05) is 60.9 Å². The van der Waals surface area contributed by atoms with E-state index < -0.39 is 11.4 Å². The molecule has 1 saturated heterocycles. The van der Waals surface area contributed by atoms with Gasteiger partial charge in [0.1, 0.15) is 5.76 Å². The highest BCUT2D eigenvalue weighted by atomic mass is 35.5. The number of carboxylic acids is 1. The number of aliphatic carboxylic acids is 1. The molecule has 0 bridgehead atoms. The Bertz CT molecular complexity index is 1460. The second kappa shape index (κ2) is 13.9. The first-order valence-corrected chi connectivity index (χ1v) is 15.2. The van der Waals surface area contributed by atoms with Crippen molar-refractivity contribution in [3.63, 3.8) is 0 Å². The highest BCUT2D eigenvalue weighted by Crippen LogP contribution is 2.36. The van der Waals surface area contributed by atoms with Crippen LogP contribution in [0.5, 0.6) is 0 Å². The molecule has 0 radical (unpaired) electrons. The molecular formula is C34H43ClN4O4. The molecule has 2 aromatic heterocycles. The Morgan fingerprint density at radius 1 is 1.09 bits per heavy atom. The summed E-state index contributed by atoms with van der Waals surface area (Å²) in [5.41, 5.74) is 8.51. The number of carboxylic acid groups (broad SMARTS) is 1. The number of benzene rings is 2. The van der Waals surface area contributed by atoms with Crippen LogP contribution in [0.1, 0.15) is 64.3 Å². The molecule has 43 heavy (non-hydrogen) atoms. The molecule has 230 valence electrons. The minimum absolute atomic E-state index is 0. The molecule has 9 heteroatoms. The van der Waals surface area contributed by atoms with Crippen molar-refractivity contribution in [3.05, 3.63) is 82.8 Å². The standard InChI is InChI=1S/C30H32ClN3O4.C4H11N/c1-20(2)16-23-9-10-24(17-26(23)31)28-32-27(33-38-28)22-7-5-21(6-8-22)19-34-13-11-30(12-14-34,29(35)36)18-25-4-3-15-37-25;1-4(2,3)5/h3-10,15,17,20H,11-14,16,18-19H2,1-2H3,(H,35,36);5H2,1-3H3. The van der Waals surface area contributed by atoms with E-state index in [-0.39, 0.29) is 5.54 Å². The molecule has 1 aliphatic rings. The van der Waals surface area contributed by atoms with E-state index in [0.29, 0.717) is 41.9 Å². The summed E-state index contributed by atoms with van der Waals surface area (Å²) < 4.78 is 11.0. The van der Waals surface area contributed by atoms with Crippen LogP contribution in [0.15, 0.2) is 69.8 Å². The quantitative estimate of drug-likeness (QED) is 0.201. The molecule has 0 amide bonds. The minimum atomic E-state index is -0.770. The lowest BCUT2D eigenvalue weighted by Gasteiger charge is -2.38. The Hall–Kier alpha value is -3.46. The lowest BCUT2D eigenvalue weighted by molar-refractivity contribution is -0.152. The maximum absolute atomic E-state index is 12.1. The first kappa shape index (κ1) is 32.5. The van der Waals surface area contributed by atoms with Crippen LogP contribution in [0, 0.1) is 11.3 Å². The number of likely N-dealkylation sites (tertiary alicyclic amines) is 1. The van der Waals surface area contributed by atoms with E-state index in [2.05, 4.69) is 41.0 Å². The fourth-order valence-electron chi connectivity index (χ4n) is 5.11. The van der Waals surface area contributed by atoms with Gasteiger partial charge in [0.15, 0.2) is 0 Å². The SMILES string of the molecule is CC(C)(C)N.CC(C)Cc1ccc(-c2nc(-c3ccc(CN4CCC(Cc5ccco5)(C(=O)O)CC4)cc3)no2)cc1Cl. The summed E-state index contributed by atoms with van der Waals surface area (Å²) >= 11 is 6.48. The number of carbonyl (C=O) groups is 1. The van der Waals surface area contributed by atoms with Gasteiger partial charge in [0.25, 0.3) is 5.89 Å². The zero-order chi connectivity index (χ0) is 31.2. The predicted molar refractivity (Wildman–Crippen MR) is 170 cm³/mol. The highest BCUT2D eigenvalue weighted by Gasteiger charge is 2.42. The minimum Gasteiger partial charge on any atom is -0.481 e. The third-order valence-corrected chi connectivity index (χ3v) is 7.68. The number of nitrogens with zero attached hydrogens (tertiary/aromatic N) is 3. The molecule has 1 aliphatic heterocycles. The largest absolute Gasteiger partial charge is 0.481 e. The second-order valence-corrected chi connectivity index (χ2v) is 13.4. The Labute approximate surface area is 259 Å². The number of halogens is 1. The van der Waals surface area contributed by atoms with Crippen molar-refractivity contribution in [2.75, 3.05) is 13.1 Å². The Kier molecular flexibility index (Phi) is 10.5. The van der Waals surface area contributed by atoms with Crippen LogP contribution < -0.4 is 5.73 Å². The number of piperidine rings is 1. The van der Waals surface area contributed by atoms with E-state index in [0.717, 1.165) is 54.1 Å². The lowest BCUT2D eigenvalue weighted by Crippen LogP contribution is -2.45. The summed E-state index contributed by atoms with van der Waals surface area (Å²) in [4.78, 5) is 19.0. The maximum Gasteiger partial charge on any atom is 0.310 e. The number of rotatable bonds is 9. The summed E-state index contributed by atoms with van der Waals surface area (Å²) in [6.07, 6.45) is 4.13. The van der Waals surface area contributed by atoms with E-state index >= 15 is 0 Å². The van der Waals surface area contributed by atoms with Gasteiger partial charge in [-0.3, -0.25) is 9.69 Å². The van der Waals surface area contributed by atoms with E-state index in [1.807, 2.05) is 57.2 Å². The average Bonchev–Trinajstić information content (AvgIpc) is 3.63. The Morgan fingerprint density at radius 2 is 1.74 bits per heavy atom. The number of furan rings is 1. The number of hydrogen-bond acceptors (Lipinski definition) is 7. The summed E-state index contributed by atoms with van der Waals surface area (Å²) in [6.45, 7) is 12.4. The summed E-state index contributed by atoms with van der Waals surface area (Å²) in [5, 5.41) is 14.8. The van der Waals surface area contributed by atoms with Crippen LogP contribution in [-0.4, -0.2) is 44.7 Å². The molecule has 5 rings (SSSR count). The number of hydrogen-bond donors (Lipinski definition) is 2. The summed E-state index contributed by atoms with van der Waals surface area (Å²) in [7, 11) is 0. The first-order valence-electron chi connectivity index (χ1n) is 14.8. The predicted octanol–water partition coefficient (Wildman–Crippen LogP) is 7.50. The van der Waals surface area contributed by atoms with Gasteiger partial charge in [-0.25, -0.2) is 0 Å². The van der Waals surface area contributed by atoms with Crippen LogP contribution in [0.4, 0.5) is 0 Å². The average molecular weight is 607 g/mol. The molecular weight excluding hydrogens is 564 g/mol. The van der Waals surface area contributed by atoms with Crippen LogP contribution in [0.25, 0.3) is 22.8 Å². The molecule has 2 aromatic carbocycles. The monoisotopic (exact) mass is 606 g/mol. The van der Waals surface area contributed by atoms with E-state index in [9.17, 15) is 9.90 Å². The van der Waals surface area contributed by atoms with E-state index in [1.165, 1.54) is 0 Å². The van der Waals surface area contributed by atoms with Crippen molar-refractivity contribution in [3.8, 4) is 22.8 Å². The van der Waals surface area contributed by atoms with Gasteiger partial charge in [-0.2, -0.15) is 4.98 Å². The molecule has 0 unspecified atom stereocenters. The number of nitrogens with two attached hydrogens (primary N) is 1. The zero-order valence-corrected chi connectivity index (χ0v) is 26.5. The van der Waals surface area contributed by atoms with Crippen molar-refractivity contribution in [2.45, 2.75) is 72.4 Å². The Morgan fingerprint density at radius 3 is 2.30 bits per heavy atom. The fraction of sp³-hybridized carbons (Fsp3) is 0.441. The van der Waals surface area contributed by atoms with Crippen molar-refractivity contribution in [2.24, 2.45) is 17.1 Å². The molecule has 1 fully saturated rings. The summed E-state index contributed by atoms with van der Waals surface area (Å²) in [6, 6.07) is 17.6. The van der Waals surface area contributed by atoms with Gasteiger partial charge >= 0.3 is 5.97 Å². The zero-order valence-electron chi connectivity index (χ0n) is 25.8. The molecule has 0 aliphatic carbocycles. The van der Waals surface area contributed by atoms with Gasteiger partial charge in [0, 0.05) is 34.7 Å². The molecule has 3 N–H and O–H groups in total. The smallest absolute Gasteiger partial charge is 0.310 e. The molecule has 0 spiro atoms. The maximum atomic E-state index is 12.1. The van der Waals surface area contributed by atoms with Gasteiger partial charge < -0.3 is 19.8 Å². The van der Waals surface area contributed by atoms with E-state index in [4.69, 9.17) is 26.3 Å². The highest BCUT2D eigenvalue weighted by molar-refractivity contribution is 6.31. The third-order valence-electron chi connectivity index (χ3n) is 7.33. The van der Waals surface area contributed by atoms with Gasteiger partial charge in [0.05, 0.1) is 11.7 Å². The van der Waals surface area contributed by atoms with E-state index in [1.54, 1.807) is 12.3 Å². The van der Waals surface area contributed by atoms with Crippen molar-refractivity contribution < 1.29 is 18.8 Å². The fourth-order valence-corrected chi connectivity index (χ4v) is 5.37. The number of aromatic nitrogens is 2. The van der Waals surface area contributed by atoms with Crippen LogP contribution in [0.3, 0.4) is 0 Å². The second-order valence-electron chi connectivity index (χ2n) is 13.0. The van der Waals surface area contributed by atoms with Crippen LogP contribution in [-0.2, 0) is 24.2 Å². The molecule has 0 atom stereocenters.